The molecular formula is C18H20FN3O. The molecule has 1 aliphatic rings. The zero-order valence-corrected chi connectivity index (χ0v) is 13.1. The fourth-order valence-electron chi connectivity index (χ4n) is 2.85. The first-order valence-corrected chi connectivity index (χ1v) is 7.67. The van der Waals surface area contributed by atoms with E-state index in [1.54, 1.807) is 13.2 Å². The quantitative estimate of drug-likeness (QED) is 0.919. The lowest BCUT2D eigenvalue weighted by atomic mass is 10.00. The summed E-state index contributed by atoms with van der Waals surface area (Å²) in [5.41, 5.74) is 8.21. The number of halogens is 1. The second kappa shape index (κ2) is 6.79. The molecule has 1 aliphatic heterocycles. The van der Waals surface area contributed by atoms with E-state index in [0.717, 1.165) is 23.6 Å². The van der Waals surface area contributed by atoms with Gasteiger partial charge >= 0.3 is 0 Å². The number of nitrogens with zero attached hydrogens (tertiary/aromatic N) is 2. The molecule has 0 amide bonds. The number of hydrogen-bond donors (Lipinski definition) is 1. The summed E-state index contributed by atoms with van der Waals surface area (Å²) in [5, 5.41) is 6.54. The summed E-state index contributed by atoms with van der Waals surface area (Å²) in [6.45, 7) is 0.541. The smallest absolute Gasteiger partial charge is 0.128 e. The van der Waals surface area contributed by atoms with Crippen LogP contribution in [0.15, 0.2) is 53.6 Å². The van der Waals surface area contributed by atoms with Gasteiger partial charge in [0.15, 0.2) is 0 Å². The Bertz CT molecular complexity index is 700. The SMILES string of the molecule is COc1ccc(N2N=C(CCN)CC2c2ccccc2F)cc1. The van der Waals surface area contributed by atoms with E-state index in [1.807, 2.05) is 41.4 Å². The fourth-order valence-corrected chi connectivity index (χ4v) is 2.85. The van der Waals surface area contributed by atoms with Crippen molar-refractivity contribution in [2.24, 2.45) is 10.8 Å². The normalized spacial score (nSPS) is 17.3. The first kappa shape index (κ1) is 15.5. The average Bonchev–Trinajstić information content (AvgIpc) is 2.99. The van der Waals surface area contributed by atoms with Crippen LogP contribution < -0.4 is 15.5 Å². The Morgan fingerprint density at radius 1 is 1.22 bits per heavy atom. The summed E-state index contributed by atoms with van der Waals surface area (Å²) in [6, 6.07) is 14.3. The van der Waals surface area contributed by atoms with Crippen molar-refractivity contribution >= 4 is 11.4 Å². The molecule has 0 aromatic heterocycles. The number of rotatable bonds is 5. The van der Waals surface area contributed by atoms with Crippen LogP contribution in [0.3, 0.4) is 0 Å². The average molecular weight is 313 g/mol. The molecule has 4 nitrogen and oxygen atoms in total. The lowest BCUT2D eigenvalue weighted by molar-refractivity contribution is 0.415. The van der Waals surface area contributed by atoms with Gasteiger partial charge in [0, 0.05) is 17.7 Å². The van der Waals surface area contributed by atoms with Crippen molar-refractivity contribution in [3.8, 4) is 5.75 Å². The summed E-state index contributed by atoms with van der Waals surface area (Å²) in [7, 11) is 1.63. The van der Waals surface area contributed by atoms with E-state index in [9.17, 15) is 4.39 Å². The van der Waals surface area contributed by atoms with Gasteiger partial charge in [-0.15, -0.1) is 0 Å². The molecule has 2 N–H and O–H groups in total. The third kappa shape index (κ3) is 3.19. The number of hydrazone groups is 1. The molecule has 1 heterocycles. The molecule has 0 bridgehead atoms. The van der Waals surface area contributed by atoms with Gasteiger partial charge in [0.2, 0.25) is 0 Å². The molecule has 23 heavy (non-hydrogen) atoms. The number of ether oxygens (including phenoxy) is 1. The molecule has 2 aromatic rings. The Morgan fingerprint density at radius 3 is 2.61 bits per heavy atom. The second-order valence-corrected chi connectivity index (χ2v) is 5.49. The van der Waals surface area contributed by atoms with Gasteiger partial charge in [-0.3, -0.25) is 5.01 Å². The Hall–Kier alpha value is -2.40. The van der Waals surface area contributed by atoms with Crippen LogP contribution in [0, 0.1) is 5.82 Å². The van der Waals surface area contributed by atoms with E-state index in [0.29, 0.717) is 18.5 Å². The third-order valence-electron chi connectivity index (χ3n) is 4.01. The molecular weight excluding hydrogens is 293 g/mol. The Balaban J connectivity index is 1.96. The summed E-state index contributed by atoms with van der Waals surface area (Å²) in [4.78, 5) is 0. The molecule has 0 fully saturated rings. The van der Waals surface area contributed by atoms with Gasteiger partial charge in [0.25, 0.3) is 0 Å². The highest BCUT2D eigenvalue weighted by atomic mass is 19.1. The van der Waals surface area contributed by atoms with E-state index in [4.69, 9.17) is 10.5 Å². The predicted molar refractivity (Wildman–Crippen MR) is 90.3 cm³/mol. The van der Waals surface area contributed by atoms with Crippen molar-refractivity contribution < 1.29 is 9.13 Å². The highest BCUT2D eigenvalue weighted by molar-refractivity contribution is 5.89. The van der Waals surface area contributed by atoms with Crippen molar-refractivity contribution in [2.75, 3.05) is 18.7 Å². The van der Waals surface area contributed by atoms with Gasteiger partial charge in [0.1, 0.15) is 11.6 Å². The molecule has 120 valence electrons. The van der Waals surface area contributed by atoms with Crippen molar-refractivity contribution in [3.05, 3.63) is 59.9 Å². The number of hydrogen-bond acceptors (Lipinski definition) is 4. The number of benzene rings is 2. The van der Waals surface area contributed by atoms with E-state index >= 15 is 0 Å². The fraction of sp³-hybridized carbons (Fsp3) is 0.278. The van der Waals surface area contributed by atoms with Crippen molar-refractivity contribution in [1.82, 2.24) is 0 Å². The van der Waals surface area contributed by atoms with E-state index in [-0.39, 0.29) is 11.9 Å². The number of methoxy groups -OCH3 is 1. The van der Waals surface area contributed by atoms with Crippen LogP contribution in [0.4, 0.5) is 10.1 Å². The van der Waals surface area contributed by atoms with Crippen LogP contribution in [0.1, 0.15) is 24.4 Å². The molecule has 1 unspecified atom stereocenters. The monoisotopic (exact) mass is 313 g/mol. The first-order chi connectivity index (χ1) is 11.2. The zero-order chi connectivity index (χ0) is 16.2. The largest absolute Gasteiger partial charge is 0.497 e. The standard InChI is InChI=1S/C18H20FN3O/c1-23-15-8-6-14(7-9-15)22-18(12-13(21-22)10-11-20)16-4-2-3-5-17(16)19/h2-9,18H,10-12,20H2,1H3. The molecule has 0 spiro atoms. The topological polar surface area (TPSA) is 50.8 Å². The molecule has 0 radical (unpaired) electrons. The molecule has 0 saturated carbocycles. The third-order valence-corrected chi connectivity index (χ3v) is 4.01. The van der Waals surface area contributed by atoms with E-state index < -0.39 is 0 Å². The van der Waals surface area contributed by atoms with E-state index in [1.165, 1.54) is 6.07 Å². The number of nitrogens with two attached hydrogens (primary N) is 1. The highest BCUT2D eigenvalue weighted by Gasteiger charge is 2.30. The summed E-state index contributed by atoms with van der Waals surface area (Å²) in [5.74, 6) is 0.571. The number of anilines is 1. The van der Waals surface area contributed by atoms with Gasteiger partial charge in [-0.1, -0.05) is 18.2 Å². The van der Waals surface area contributed by atoms with Gasteiger partial charge in [-0.05, 0) is 43.3 Å². The van der Waals surface area contributed by atoms with Crippen molar-refractivity contribution in [2.45, 2.75) is 18.9 Å². The Morgan fingerprint density at radius 2 is 1.96 bits per heavy atom. The molecule has 0 aliphatic carbocycles. The summed E-state index contributed by atoms with van der Waals surface area (Å²) < 4.78 is 19.4. The lowest BCUT2D eigenvalue weighted by Crippen LogP contribution is -2.19. The van der Waals surface area contributed by atoms with Gasteiger partial charge in [0.05, 0.1) is 18.8 Å². The first-order valence-electron chi connectivity index (χ1n) is 7.67. The van der Waals surface area contributed by atoms with Crippen LogP contribution in [-0.2, 0) is 0 Å². The maximum absolute atomic E-state index is 14.2. The van der Waals surface area contributed by atoms with Crippen LogP contribution >= 0.6 is 0 Å². The van der Waals surface area contributed by atoms with Gasteiger partial charge in [-0.2, -0.15) is 5.10 Å². The molecule has 0 saturated heterocycles. The Labute approximate surface area is 135 Å². The predicted octanol–water partition coefficient (Wildman–Crippen LogP) is 3.49. The second-order valence-electron chi connectivity index (χ2n) is 5.49. The van der Waals surface area contributed by atoms with E-state index in [2.05, 4.69) is 5.10 Å². The molecule has 2 aromatic carbocycles. The van der Waals surface area contributed by atoms with Crippen LogP contribution in [0.2, 0.25) is 0 Å². The molecule has 5 heteroatoms. The lowest BCUT2D eigenvalue weighted by Gasteiger charge is -2.24. The van der Waals surface area contributed by atoms with Crippen molar-refractivity contribution in [3.63, 3.8) is 0 Å². The summed E-state index contributed by atoms with van der Waals surface area (Å²) in [6.07, 6.45) is 1.40. The zero-order valence-electron chi connectivity index (χ0n) is 13.1. The van der Waals surface area contributed by atoms with Crippen LogP contribution in [0.25, 0.3) is 0 Å². The maximum Gasteiger partial charge on any atom is 0.128 e. The molecule has 3 rings (SSSR count). The van der Waals surface area contributed by atoms with Crippen LogP contribution in [-0.4, -0.2) is 19.4 Å². The summed E-state index contributed by atoms with van der Waals surface area (Å²) >= 11 is 0. The van der Waals surface area contributed by atoms with Crippen molar-refractivity contribution in [1.29, 1.82) is 0 Å². The van der Waals surface area contributed by atoms with Crippen LogP contribution in [0.5, 0.6) is 5.75 Å². The minimum atomic E-state index is -0.208. The van der Waals surface area contributed by atoms with Gasteiger partial charge in [-0.25, -0.2) is 4.39 Å². The molecule has 1 atom stereocenters. The minimum absolute atomic E-state index is 0.147. The highest BCUT2D eigenvalue weighted by Crippen LogP contribution is 2.37. The Kier molecular flexibility index (Phi) is 4.57. The maximum atomic E-state index is 14.2. The minimum Gasteiger partial charge on any atom is -0.497 e. The van der Waals surface area contributed by atoms with Gasteiger partial charge < -0.3 is 10.5 Å².